The van der Waals surface area contributed by atoms with Gasteiger partial charge < -0.3 is 9.80 Å². The molecule has 0 radical (unpaired) electrons. The van der Waals surface area contributed by atoms with Crippen LogP contribution < -0.4 is 26.2 Å². The first-order valence-corrected chi connectivity index (χ1v) is 31.7. The van der Waals surface area contributed by atoms with Crippen LogP contribution in [0.1, 0.15) is 52.7 Å². The van der Waals surface area contributed by atoms with Gasteiger partial charge in [0.25, 0.3) is 6.71 Å². The molecule has 0 atom stereocenters. The lowest BCUT2D eigenvalue weighted by Crippen LogP contribution is -2.61. The molecule has 14 aromatic rings. The third-order valence-corrected chi connectivity index (χ3v) is 18.5. The van der Waals surface area contributed by atoms with Gasteiger partial charge in [0.2, 0.25) is 0 Å². The van der Waals surface area contributed by atoms with Crippen LogP contribution in [0.2, 0.25) is 0 Å². The van der Waals surface area contributed by atoms with E-state index in [-0.39, 0.29) is 17.5 Å². The monoisotopic (exact) mass is 1170 g/mol. The molecule has 5 nitrogen and oxygen atoms in total. The van der Waals surface area contributed by atoms with Gasteiger partial charge in [-0.3, -0.25) is 0 Å². The molecular formula is C85H66BN5. The van der Waals surface area contributed by atoms with Crippen molar-refractivity contribution in [2.75, 3.05) is 9.80 Å². The molecular weight excluding hydrogens is 1100 g/mol. The van der Waals surface area contributed by atoms with Crippen molar-refractivity contribution in [2.45, 2.75) is 52.4 Å². The van der Waals surface area contributed by atoms with E-state index in [0.717, 1.165) is 95.3 Å². The van der Waals surface area contributed by atoms with E-state index in [9.17, 15) is 0 Å². The second kappa shape index (κ2) is 22.0. The Hall–Kier alpha value is -10.9. The van der Waals surface area contributed by atoms with Crippen LogP contribution in [-0.2, 0) is 10.8 Å². The third-order valence-electron chi connectivity index (χ3n) is 18.5. The zero-order valence-corrected chi connectivity index (χ0v) is 52.0. The zero-order valence-electron chi connectivity index (χ0n) is 52.0. The smallest absolute Gasteiger partial charge is 0.253 e. The summed E-state index contributed by atoms with van der Waals surface area (Å²) in [4.78, 5) is 22.2. The summed E-state index contributed by atoms with van der Waals surface area (Å²) in [5.74, 6) is 1.71. The van der Waals surface area contributed by atoms with Crippen molar-refractivity contribution >= 4 is 78.8 Å². The highest BCUT2D eigenvalue weighted by atomic mass is 15.2. The van der Waals surface area contributed by atoms with Gasteiger partial charge in [0.1, 0.15) is 0 Å². The maximum Gasteiger partial charge on any atom is 0.253 e. The standard InChI is InChI=1S/C85H66BN5/c1-84(2,3)68-37-41-70(42-38-68)90-74-45-35-59-31-19-21-33-72(59)78(74)86-79-73-34-22-20-32-60(73)36-46-75(79)91(71-43-39-69(40-44-71)85(4,5)6)77-54-67(53-76(90)80(77)86)83-88-81(65-49-61(55-23-11-7-12-24-55)47-62(50-65)56-25-13-8-14-26-56)87-82(89-83)66-51-63(57-27-15-9-16-28-57)48-64(52-66)58-29-17-10-18-30-58/h7-54H,1-6H3. The highest BCUT2D eigenvalue weighted by Gasteiger charge is 2.45. The molecule has 91 heavy (non-hydrogen) atoms. The van der Waals surface area contributed by atoms with E-state index in [1.807, 2.05) is 0 Å². The first-order valence-electron chi connectivity index (χ1n) is 31.7. The molecule has 0 amide bonds. The van der Waals surface area contributed by atoms with Gasteiger partial charge in [-0.25, -0.2) is 15.0 Å². The van der Waals surface area contributed by atoms with Gasteiger partial charge in [0.15, 0.2) is 17.5 Å². The Bertz CT molecular complexity index is 4680. The fourth-order valence-electron chi connectivity index (χ4n) is 13.9. The largest absolute Gasteiger partial charge is 0.311 e. The van der Waals surface area contributed by atoms with Gasteiger partial charge in [-0.1, -0.05) is 248 Å². The Balaban J connectivity index is 1.03. The quantitative estimate of drug-likeness (QED) is 0.135. The fourth-order valence-corrected chi connectivity index (χ4v) is 13.9. The Morgan fingerprint density at radius 2 is 0.549 bits per heavy atom. The van der Waals surface area contributed by atoms with E-state index in [4.69, 9.17) is 15.0 Å². The number of rotatable bonds is 9. The van der Waals surface area contributed by atoms with Crippen LogP contribution in [0.4, 0.5) is 34.1 Å². The van der Waals surface area contributed by atoms with E-state index < -0.39 is 0 Å². The van der Waals surface area contributed by atoms with Crippen LogP contribution >= 0.6 is 0 Å². The van der Waals surface area contributed by atoms with Crippen molar-refractivity contribution in [3.8, 4) is 78.7 Å². The van der Waals surface area contributed by atoms with Gasteiger partial charge in [-0.05, 0) is 189 Å². The molecule has 16 rings (SSSR count). The Morgan fingerprint density at radius 3 is 0.879 bits per heavy atom. The van der Waals surface area contributed by atoms with Crippen LogP contribution in [0.3, 0.4) is 0 Å². The number of fused-ring (bicyclic) bond motifs is 8. The lowest BCUT2D eigenvalue weighted by atomic mass is 9.32. The molecule has 13 aromatic carbocycles. The highest BCUT2D eigenvalue weighted by Crippen LogP contribution is 2.49. The molecule has 2 aliphatic rings. The summed E-state index contributed by atoms with van der Waals surface area (Å²) in [6, 6.07) is 107. The number of hydrogen-bond acceptors (Lipinski definition) is 5. The van der Waals surface area contributed by atoms with Crippen molar-refractivity contribution in [3.05, 3.63) is 302 Å². The molecule has 0 N–H and O–H groups in total. The highest BCUT2D eigenvalue weighted by molar-refractivity contribution is 7.03. The molecule has 0 saturated heterocycles. The van der Waals surface area contributed by atoms with Crippen molar-refractivity contribution in [2.24, 2.45) is 0 Å². The maximum atomic E-state index is 5.78. The normalized spacial score (nSPS) is 12.7. The minimum atomic E-state index is -0.171. The first-order chi connectivity index (χ1) is 44.4. The molecule has 0 unspecified atom stereocenters. The fraction of sp³-hybridized carbons (Fsp3) is 0.0941. The molecule has 0 aliphatic carbocycles. The minimum Gasteiger partial charge on any atom is -0.311 e. The molecule has 0 fully saturated rings. The van der Waals surface area contributed by atoms with Crippen LogP contribution in [0.15, 0.2) is 291 Å². The van der Waals surface area contributed by atoms with Crippen molar-refractivity contribution in [1.82, 2.24) is 15.0 Å². The van der Waals surface area contributed by atoms with Crippen molar-refractivity contribution in [3.63, 3.8) is 0 Å². The number of aromatic nitrogens is 3. The lowest BCUT2D eigenvalue weighted by Gasteiger charge is -2.45. The lowest BCUT2D eigenvalue weighted by molar-refractivity contribution is 0.590. The SMILES string of the molecule is CC(C)(C)c1ccc(N2c3cc(-c4nc(-c5cc(-c6ccccc6)cc(-c6ccccc6)c5)nc(-c5cc(-c6ccccc6)cc(-c6ccccc6)c5)n4)cc4c3B(c3c2ccc2ccccc32)c2c(ccc3ccccc23)N4c2ccc(C(C)(C)C)cc2)cc1. The molecule has 3 heterocycles. The molecule has 2 aliphatic heterocycles. The number of anilines is 6. The summed E-state index contributed by atoms with van der Waals surface area (Å²) in [7, 11) is 0. The van der Waals surface area contributed by atoms with E-state index in [1.165, 1.54) is 49.1 Å². The van der Waals surface area contributed by atoms with Gasteiger partial charge in [0, 0.05) is 50.8 Å². The maximum absolute atomic E-state index is 5.78. The Morgan fingerprint density at radius 1 is 0.253 bits per heavy atom. The molecule has 434 valence electrons. The van der Waals surface area contributed by atoms with Gasteiger partial charge in [-0.15, -0.1) is 0 Å². The zero-order chi connectivity index (χ0) is 61.5. The average molecular weight is 1170 g/mol. The Kier molecular flexibility index (Phi) is 13.4. The molecule has 6 heteroatoms. The predicted molar refractivity (Wildman–Crippen MR) is 384 cm³/mol. The number of benzene rings is 13. The molecule has 0 bridgehead atoms. The van der Waals surface area contributed by atoms with Crippen LogP contribution in [-0.4, -0.2) is 21.7 Å². The van der Waals surface area contributed by atoms with Gasteiger partial charge >= 0.3 is 0 Å². The van der Waals surface area contributed by atoms with Crippen LogP contribution in [0, 0.1) is 0 Å². The van der Waals surface area contributed by atoms with E-state index in [2.05, 4.69) is 343 Å². The van der Waals surface area contributed by atoms with Gasteiger partial charge in [0.05, 0.1) is 0 Å². The summed E-state index contributed by atoms with van der Waals surface area (Å²) in [5.41, 5.74) is 24.1. The number of hydrogen-bond donors (Lipinski definition) is 0. The first kappa shape index (κ1) is 55.4. The summed E-state index contributed by atoms with van der Waals surface area (Å²) >= 11 is 0. The topological polar surface area (TPSA) is 45.2 Å². The predicted octanol–water partition coefficient (Wildman–Crippen LogP) is 20.5. The second-order valence-corrected chi connectivity index (χ2v) is 26.4. The average Bonchev–Trinajstić information content (AvgIpc) is 0.712. The van der Waals surface area contributed by atoms with Crippen LogP contribution in [0.5, 0.6) is 0 Å². The van der Waals surface area contributed by atoms with Crippen molar-refractivity contribution in [1.29, 1.82) is 0 Å². The summed E-state index contributed by atoms with van der Waals surface area (Å²) < 4.78 is 0. The molecule has 1 aromatic heterocycles. The summed E-state index contributed by atoms with van der Waals surface area (Å²) in [6.07, 6.45) is 0. The van der Waals surface area contributed by atoms with E-state index in [1.54, 1.807) is 0 Å². The molecule has 0 saturated carbocycles. The number of nitrogens with zero attached hydrogens (tertiary/aromatic N) is 5. The molecule has 0 spiro atoms. The van der Waals surface area contributed by atoms with Crippen molar-refractivity contribution < 1.29 is 0 Å². The van der Waals surface area contributed by atoms with E-state index >= 15 is 0 Å². The van der Waals surface area contributed by atoms with E-state index in [0.29, 0.717) is 17.5 Å². The minimum absolute atomic E-state index is 0.0500. The summed E-state index contributed by atoms with van der Waals surface area (Å²) in [5, 5.41) is 4.87. The third kappa shape index (κ3) is 9.96. The van der Waals surface area contributed by atoms with Gasteiger partial charge in [-0.2, -0.15) is 0 Å². The second-order valence-electron chi connectivity index (χ2n) is 26.4. The Labute approximate surface area is 533 Å². The van der Waals surface area contributed by atoms with Crippen LogP contribution in [0.25, 0.3) is 100 Å². The summed E-state index contributed by atoms with van der Waals surface area (Å²) in [6.45, 7) is 13.6.